The highest BCUT2D eigenvalue weighted by atomic mass is 32.1. The van der Waals surface area contributed by atoms with Crippen LogP contribution in [0.25, 0.3) is 15.9 Å². The molecule has 6 heteroatoms. The van der Waals surface area contributed by atoms with Gasteiger partial charge in [0.1, 0.15) is 4.83 Å². The van der Waals surface area contributed by atoms with Crippen molar-refractivity contribution in [1.29, 1.82) is 0 Å². The highest BCUT2D eigenvalue weighted by Crippen LogP contribution is 2.33. The van der Waals surface area contributed by atoms with Crippen molar-refractivity contribution in [3.63, 3.8) is 0 Å². The molecule has 0 bridgehead atoms. The molecule has 0 atom stereocenters. The zero-order valence-electron chi connectivity index (χ0n) is 16.1. The Hall–Kier alpha value is -2.54. The molecule has 1 aliphatic heterocycles. The van der Waals surface area contributed by atoms with Crippen LogP contribution < -0.4 is 5.56 Å². The van der Waals surface area contributed by atoms with Gasteiger partial charge in [0.25, 0.3) is 5.56 Å². The van der Waals surface area contributed by atoms with Crippen LogP contribution in [-0.4, -0.2) is 21.0 Å². The summed E-state index contributed by atoms with van der Waals surface area (Å²) in [4.78, 5) is 21.4. The molecule has 0 spiro atoms. The summed E-state index contributed by atoms with van der Waals surface area (Å²) in [6, 6.07) is 18.4. The summed E-state index contributed by atoms with van der Waals surface area (Å²) < 4.78 is 2.08. The van der Waals surface area contributed by atoms with Crippen molar-refractivity contribution >= 4 is 33.8 Å². The predicted octanol–water partition coefficient (Wildman–Crippen LogP) is 4.98. The molecule has 5 rings (SSSR count). The number of nitrogens with zero attached hydrogens (tertiary/aromatic N) is 2. The Bertz CT molecular complexity index is 1300. The molecule has 2 aromatic carbocycles. The van der Waals surface area contributed by atoms with Gasteiger partial charge in [-0.1, -0.05) is 48.0 Å². The number of H-pyrrole nitrogens is 1. The summed E-state index contributed by atoms with van der Waals surface area (Å²) in [6.07, 6.45) is 0.964. The Morgan fingerprint density at radius 1 is 1.10 bits per heavy atom. The fourth-order valence-corrected chi connectivity index (χ4v) is 5.56. The van der Waals surface area contributed by atoms with E-state index in [9.17, 15) is 4.79 Å². The third kappa shape index (κ3) is 3.37. The molecule has 0 amide bonds. The van der Waals surface area contributed by atoms with E-state index < -0.39 is 0 Å². The van der Waals surface area contributed by atoms with Crippen molar-refractivity contribution in [3.05, 3.63) is 91.3 Å². The first-order valence-electron chi connectivity index (χ1n) is 9.73. The summed E-state index contributed by atoms with van der Waals surface area (Å²) in [7, 11) is 0. The molecule has 4 nitrogen and oxygen atoms in total. The molecule has 29 heavy (non-hydrogen) atoms. The minimum absolute atomic E-state index is 0.0216. The molecule has 0 unspecified atom stereocenters. The van der Waals surface area contributed by atoms with E-state index >= 15 is 0 Å². The molecule has 0 radical (unpaired) electrons. The van der Waals surface area contributed by atoms with Crippen molar-refractivity contribution in [2.24, 2.45) is 0 Å². The van der Waals surface area contributed by atoms with Crippen LogP contribution >= 0.6 is 23.6 Å². The first kappa shape index (κ1) is 18.5. The molecule has 146 valence electrons. The Labute approximate surface area is 178 Å². The Morgan fingerprint density at radius 2 is 1.86 bits per heavy atom. The average Bonchev–Trinajstić information content (AvgIpc) is 3.08. The van der Waals surface area contributed by atoms with Crippen molar-refractivity contribution in [2.75, 3.05) is 6.54 Å². The zero-order chi connectivity index (χ0) is 20.0. The summed E-state index contributed by atoms with van der Waals surface area (Å²) in [6.45, 7) is 4.72. The number of hydrogen-bond acceptors (Lipinski definition) is 4. The maximum Gasteiger partial charge on any atom is 0.267 e. The molecule has 1 N–H and O–H groups in total. The van der Waals surface area contributed by atoms with Gasteiger partial charge in [-0.2, -0.15) is 0 Å². The fourth-order valence-electron chi connectivity index (χ4n) is 4.02. The predicted molar refractivity (Wildman–Crippen MR) is 122 cm³/mol. The van der Waals surface area contributed by atoms with E-state index in [2.05, 4.69) is 34.1 Å². The normalized spacial score (nSPS) is 14.2. The topological polar surface area (TPSA) is 41.0 Å². The van der Waals surface area contributed by atoms with E-state index in [1.807, 2.05) is 37.3 Å². The van der Waals surface area contributed by atoms with Gasteiger partial charge in [-0.05, 0) is 48.8 Å². The molecular weight excluding hydrogens is 398 g/mol. The van der Waals surface area contributed by atoms with Crippen LogP contribution in [0.1, 0.15) is 21.6 Å². The molecule has 1 aliphatic rings. The molecule has 0 aliphatic carbocycles. The van der Waals surface area contributed by atoms with Crippen LogP contribution in [0.4, 0.5) is 0 Å². The van der Waals surface area contributed by atoms with Gasteiger partial charge in [-0.15, -0.1) is 11.3 Å². The van der Waals surface area contributed by atoms with Crippen LogP contribution in [-0.2, 0) is 19.5 Å². The second-order valence-electron chi connectivity index (χ2n) is 7.56. The van der Waals surface area contributed by atoms with Crippen molar-refractivity contribution < 1.29 is 0 Å². The minimum Gasteiger partial charge on any atom is -0.323 e. The summed E-state index contributed by atoms with van der Waals surface area (Å²) >= 11 is 7.22. The van der Waals surface area contributed by atoms with Crippen LogP contribution in [0.3, 0.4) is 0 Å². The molecule has 4 aromatic rings. The lowest BCUT2D eigenvalue weighted by molar-refractivity contribution is 0.248. The Morgan fingerprint density at radius 3 is 2.62 bits per heavy atom. The number of benzene rings is 2. The number of aromatic nitrogens is 2. The standard InChI is InChI=1S/C23H21N3OS2/c1-15-7-9-17(10-8-15)26-22(27)20-18-14-25(13-16-5-3-2-4-6-16)12-11-19(18)29-21(20)24-23(26)28/h2-10H,11-14H2,1H3,(H,24,28). The van der Waals surface area contributed by atoms with Gasteiger partial charge in [-0.3, -0.25) is 14.3 Å². The van der Waals surface area contributed by atoms with Gasteiger partial charge in [0.15, 0.2) is 4.77 Å². The monoisotopic (exact) mass is 419 g/mol. The molecule has 0 saturated carbocycles. The van der Waals surface area contributed by atoms with Gasteiger partial charge in [-0.25, -0.2) is 0 Å². The second-order valence-corrected chi connectivity index (χ2v) is 9.05. The smallest absolute Gasteiger partial charge is 0.267 e. The van der Waals surface area contributed by atoms with E-state index in [0.717, 1.165) is 53.1 Å². The van der Waals surface area contributed by atoms with E-state index in [1.165, 1.54) is 10.4 Å². The number of aromatic amines is 1. The second kappa shape index (κ2) is 7.37. The van der Waals surface area contributed by atoms with Gasteiger partial charge in [0, 0.05) is 24.5 Å². The van der Waals surface area contributed by atoms with Crippen LogP contribution in [0.5, 0.6) is 0 Å². The van der Waals surface area contributed by atoms with Crippen molar-refractivity contribution in [1.82, 2.24) is 14.5 Å². The molecule has 0 fully saturated rings. The van der Waals surface area contributed by atoms with E-state index in [-0.39, 0.29) is 5.56 Å². The van der Waals surface area contributed by atoms with Gasteiger partial charge in [0.2, 0.25) is 0 Å². The van der Waals surface area contributed by atoms with Crippen LogP contribution in [0, 0.1) is 11.7 Å². The third-order valence-electron chi connectivity index (χ3n) is 5.51. The summed E-state index contributed by atoms with van der Waals surface area (Å²) in [5.41, 5.74) is 4.39. The first-order chi connectivity index (χ1) is 14.1. The number of thiophene rings is 1. The lowest BCUT2D eigenvalue weighted by Crippen LogP contribution is -2.30. The fraction of sp³-hybridized carbons (Fsp3) is 0.217. The highest BCUT2D eigenvalue weighted by Gasteiger charge is 2.24. The summed E-state index contributed by atoms with van der Waals surface area (Å²) in [5.74, 6) is 0. The highest BCUT2D eigenvalue weighted by molar-refractivity contribution is 7.71. The maximum atomic E-state index is 13.5. The number of rotatable bonds is 3. The number of aryl methyl sites for hydroxylation is 1. The van der Waals surface area contributed by atoms with Crippen molar-refractivity contribution in [3.8, 4) is 5.69 Å². The number of hydrogen-bond donors (Lipinski definition) is 1. The first-order valence-corrected chi connectivity index (χ1v) is 11.0. The molecule has 2 aromatic heterocycles. The minimum atomic E-state index is -0.0216. The number of fused-ring (bicyclic) bond motifs is 3. The average molecular weight is 420 g/mol. The number of nitrogens with one attached hydrogen (secondary N) is 1. The zero-order valence-corrected chi connectivity index (χ0v) is 17.8. The molecule has 3 heterocycles. The van der Waals surface area contributed by atoms with Crippen LogP contribution in [0.15, 0.2) is 59.4 Å². The summed E-state index contributed by atoms with van der Waals surface area (Å²) in [5, 5.41) is 0.789. The van der Waals surface area contributed by atoms with Crippen LogP contribution in [0.2, 0.25) is 0 Å². The van der Waals surface area contributed by atoms with Crippen molar-refractivity contribution in [2.45, 2.75) is 26.4 Å². The van der Waals surface area contributed by atoms with E-state index in [1.54, 1.807) is 15.9 Å². The quantitative estimate of drug-likeness (QED) is 0.476. The SMILES string of the molecule is Cc1ccc(-n2c(=S)[nH]c3sc4c(c3c2=O)CN(Cc2ccccc2)CC4)cc1. The van der Waals surface area contributed by atoms with E-state index in [0.29, 0.717) is 4.77 Å². The van der Waals surface area contributed by atoms with Gasteiger partial charge >= 0.3 is 0 Å². The van der Waals surface area contributed by atoms with Gasteiger partial charge < -0.3 is 4.98 Å². The Kier molecular flexibility index (Phi) is 4.70. The Balaban J connectivity index is 1.59. The largest absolute Gasteiger partial charge is 0.323 e. The lowest BCUT2D eigenvalue weighted by atomic mass is 10.1. The lowest BCUT2D eigenvalue weighted by Gasteiger charge is -2.27. The van der Waals surface area contributed by atoms with E-state index in [4.69, 9.17) is 12.2 Å². The molecule has 0 saturated heterocycles. The maximum absolute atomic E-state index is 13.5. The van der Waals surface area contributed by atoms with Gasteiger partial charge in [0.05, 0.1) is 11.1 Å². The third-order valence-corrected chi connectivity index (χ3v) is 7.00. The molecular formula is C23H21N3OS2.